The second kappa shape index (κ2) is 7.54. The van der Waals surface area contributed by atoms with Gasteiger partial charge in [-0.3, -0.25) is 9.59 Å². The molecule has 0 fully saturated rings. The zero-order chi connectivity index (χ0) is 17.7. The van der Waals surface area contributed by atoms with Gasteiger partial charge >= 0.3 is 11.8 Å². The first-order valence-electron chi connectivity index (χ1n) is 7.20. The number of anilines is 1. The van der Waals surface area contributed by atoms with Gasteiger partial charge in [0.25, 0.3) is 0 Å². The third kappa shape index (κ3) is 4.77. The van der Waals surface area contributed by atoms with Gasteiger partial charge in [-0.05, 0) is 43.2 Å². The maximum absolute atomic E-state index is 13.4. The molecule has 0 bridgehead atoms. The summed E-state index contributed by atoms with van der Waals surface area (Å²) >= 11 is 0. The summed E-state index contributed by atoms with van der Waals surface area (Å²) in [5.74, 6) is -3.58. The second-order valence-corrected chi connectivity index (χ2v) is 5.32. The number of rotatable bonds is 4. The number of hydrogen-bond acceptors (Lipinski definition) is 3. The predicted octanol–water partition coefficient (Wildman–Crippen LogP) is 2.36. The normalized spacial score (nSPS) is 11.6. The quantitative estimate of drug-likeness (QED) is 0.751. The molecule has 7 heteroatoms. The lowest BCUT2D eigenvalue weighted by molar-refractivity contribution is -0.136. The summed E-state index contributed by atoms with van der Waals surface area (Å²) in [6.07, 6.45) is 0.449. The van der Waals surface area contributed by atoms with Gasteiger partial charge < -0.3 is 15.7 Å². The monoisotopic (exact) mass is 334 g/mol. The van der Waals surface area contributed by atoms with Gasteiger partial charge in [0.1, 0.15) is 17.4 Å². The molecule has 0 aliphatic heterocycles. The summed E-state index contributed by atoms with van der Waals surface area (Å²) in [4.78, 5) is 23.6. The molecule has 0 saturated carbocycles. The fourth-order valence-electron chi connectivity index (χ4n) is 2.10. The van der Waals surface area contributed by atoms with Crippen LogP contribution in [0.15, 0.2) is 42.5 Å². The number of benzene rings is 2. The number of phenolic OH excluding ortho intramolecular Hbond substituents is 1. The lowest BCUT2D eigenvalue weighted by Gasteiger charge is -2.14. The molecule has 126 valence electrons. The molecule has 0 aliphatic rings. The minimum absolute atomic E-state index is 0.135. The van der Waals surface area contributed by atoms with Crippen molar-refractivity contribution in [3.63, 3.8) is 0 Å². The molecule has 5 nitrogen and oxygen atoms in total. The first kappa shape index (κ1) is 17.4. The van der Waals surface area contributed by atoms with E-state index < -0.39 is 23.4 Å². The summed E-state index contributed by atoms with van der Waals surface area (Å²) in [5, 5.41) is 13.8. The minimum Gasteiger partial charge on any atom is -0.508 e. The van der Waals surface area contributed by atoms with Crippen LogP contribution < -0.4 is 10.6 Å². The molecule has 2 rings (SSSR count). The van der Waals surface area contributed by atoms with Crippen LogP contribution in [-0.4, -0.2) is 23.0 Å². The average Bonchev–Trinajstić information content (AvgIpc) is 2.52. The smallest absolute Gasteiger partial charge is 0.313 e. The van der Waals surface area contributed by atoms with E-state index in [9.17, 15) is 23.5 Å². The number of carbonyl (C=O) groups is 2. The highest BCUT2D eigenvalue weighted by Gasteiger charge is 2.18. The number of aromatic hydroxyl groups is 1. The van der Waals surface area contributed by atoms with E-state index in [4.69, 9.17) is 0 Å². The van der Waals surface area contributed by atoms with Crippen molar-refractivity contribution < 1.29 is 23.5 Å². The number of nitrogens with one attached hydrogen (secondary N) is 2. The number of amides is 2. The Morgan fingerprint density at radius 2 is 1.75 bits per heavy atom. The van der Waals surface area contributed by atoms with Crippen LogP contribution in [-0.2, 0) is 16.0 Å². The van der Waals surface area contributed by atoms with Crippen molar-refractivity contribution >= 4 is 17.5 Å². The first-order chi connectivity index (χ1) is 11.3. The van der Waals surface area contributed by atoms with Crippen LogP contribution in [0.25, 0.3) is 0 Å². The molecule has 2 amide bonds. The first-order valence-corrected chi connectivity index (χ1v) is 7.20. The Hall–Kier alpha value is -2.96. The topological polar surface area (TPSA) is 78.4 Å². The van der Waals surface area contributed by atoms with E-state index in [2.05, 4.69) is 10.6 Å². The van der Waals surface area contributed by atoms with Gasteiger partial charge in [-0.2, -0.15) is 0 Å². The summed E-state index contributed by atoms with van der Waals surface area (Å²) < 4.78 is 26.2. The van der Waals surface area contributed by atoms with Crippen molar-refractivity contribution in [3.05, 3.63) is 59.7 Å². The predicted molar refractivity (Wildman–Crippen MR) is 84.4 cm³/mol. The van der Waals surface area contributed by atoms with Crippen LogP contribution in [0.1, 0.15) is 12.5 Å². The van der Waals surface area contributed by atoms with E-state index >= 15 is 0 Å². The van der Waals surface area contributed by atoms with Gasteiger partial charge in [0.2, 0.25) is 0 Å². The number of phenols is 1. The van der Waals surface area contributed by atoms with E-state index in [-0.39, 0.29) is 17.5 Å². The number of hydrogen-bond donors (Lipinski definition) is 3. The highest BCUT2D eigenvalue weighted by Crippen LogP contribution is 2.15. The van der Waals surface area contributed by atoms with Crippen LogP contribution in [0.4, 0.5) is 14.5 Å². The molecule has 0 radical (unpaired) electrons. The van der Waals surface area contributed by atoms with Gasteiger partial charge in [-0.25, -0.2) is 8.78 Å². The van der Waals surface area contributed by atoms with Gasteiger partial charge in [-0.1, -0.05) is 12.1 Å². The zero-order valence-electron chi connectivity index (χ0n) is 12.8. The molecule has 24 heavy (non-hydrogen) atoms. The van der Waals surface area contributed by atoms with Crippen molar-refractivity contribution in [1.29, 1.82) is 0 Å². The molecule has 0 aliphatic carbocycles. The fraction of sp³-hybridized carbons (Fsp3) is 0.176. The lowest BCUT2D eigenvalue weighted by Crippen LogP contribution is -2.41. The Labute approximate surface area is 137 Å². The maximum atomic E-state index is 13.4. The molecule has 2 aromatic rings. The van der Waals surface area contributed by atoms with Gasteiger partial charge in [0, 0.05) is 12.1 Å². The molecule has 2 aromatic carbocycles. The zero-order valence-corrected chi connectivity index (χ0v) is 12.8. The van der Waals surface area contributed by atoms with Crippen LogP contribution in [0.5, 0.6) is 5.75 Å². The molecule has 0 spiro atoms. The Balaban J connectivity index is 1.90. The highest BCUT2D eigenvalue weighted by molar-refractivity contribution is 6.39. The summed E-state index contributed by atoms with van der Waals surface area (Å²) in [5.41, 5.74) is 0.591. The maximum Gasteiger partial charge on any atom is 0.313 e. The Bertz CT molecular complexity index is 748. The summed E-state index contributed by atoms with van der Waals surface area (Å²) in [6, 6.07) is 8.71. The fourth-order valence-corrected chi connectivity index (χ4v) is 2.10. The Kier molecular flexibility index (Phi) is 5.47. The van der Waals surface area contributed by atoms with E-state index in [1.54, 1.807) is 19.1 Å². The molecular formula is C17H16F2N2O3. The molecule has 0 heterocycles. The van der Waals surface area contributed by atoms with Crippen molar-refractivity contribution in [3.8, 4) is 5.75 Å². The molecule has 1 atom stereocenters. The third-order valence-electron chi connectivity index (χ3n) is 3.24. The van der Waals surface area contributed by atoms with Crippen molar-refractivity contribution in [2.24, 2.45) is 0 Å². The lowest BCUT2D eigenvalue weighted by atomic mass is 10.1. The van der Waals surface area contributed by atoms with Crippen molar-refractivity contribution in [1.82, 2.24) is 5.32 Å². The highest BCUT2D eigenvalue weighted by atomic mass is 19.1. The van der Waals surface area contributed by atoms with Crippen LogP contribution >= 0.6 is 0 Å². The SMILES string of the molecule is CC(Cc1ccc(O)cc1)NC(=O)C(=O)Nc1ccc(F)cc1F. The Morgan fingerprint density at radius 1 is 1.08 bits per heavy atom. The molecule has 0 saturated heterocycles. The Morgan fingerprint density at radius 3 is 2.38 bits per heavy atom. The summed E-state index contributed by atoms with van der Waals surface area (Å²) in [6.45, 7) is 1.70. The van der Waals surface area contributed by atoms with E-state index in [0.717, 1.165) is 17.7 Å². The van der Waals surface area contributed by atoms with Gasteiger partial charge in [0.05, 0.1) is 5.69 Å². The molecular weight excluding hydrogens is 318 g/mol. The molecule has 3 N–H and O–H groups in total. The van der Waals surface area contributed by atoms with Gasteiger partial charge in [0.15, 0.2) is 0 Å². The number of halogens is 2. The van der Waals surface area contributed by atoms with Crippen LogP contribution in [0, 0.1) is 11.6 Å². The van der Waals surface area contributed by atoms with Crippen LogP contribution in [0.3, 0.4) is 0 Å². The molecule has 0 aromatic heterocycles. The minimum atomic E-state index is -1.04. The standard InChI is InChI=1S/C17H16F2N2O3/c1-10(8-11-2-5-13(22)6-3-11)20-16(23)17(24)21-15-7-4-12(18)9-14(15)19/h2-7,9-10,22H,8H2,1H3,(H,20,23)(H,21,24). The summed E-state index contributed by atoms with van der Waals surface area (Å²) in [7, 11) is 0. The van der Waals surface area contributed by atoms with Crippen molar-refractivity contribution in [2.45, 2.75) is 19.4 Å². The average molecular weight is 334 g/mol. The van der Waals surface area contributed by atoms with Crippen molar-refractivity contribution in [2.75, 3.05) is 5.32 Å². The van der Waals surface area contributed by atoms with E-state index in [1.165, 1.54) is 12.1 Å². The van der Waals surface area contributed by atoms with E-state index in [0.29, 0.717) is 12.5 Å². The number of carbonyl (C=O) groups excluding carboxylic acids is 2. The van der Waals surface area contributed by atoms with Gasteiger partial charge in [-0.15, -0.1) is 0 Å². The molecule has 1 unspecified atom stereocenters. The largest absolute Gasteiger partial charge is 0.508 e. The van der Waals surface area contributed by atoms with Crippen LogP contribution in [0.2, 0.25) is 0 Å². The third-order valence-corrected chi connectivity index (χ3v) is 3.24. The van der Waals surface area contributed by atoms with E-state index in [1.807, 2.05) is 0 Å². The second-order valence-electron chi connectivity index (χ2n) is 5.32.